The predicted molar refractivity (Wildman–Crippen MR) is 112 cm³/mol. The smallest absolute Gasteiger partial charge is 0.332 e. The third-order valence-electron chi connectivity index (χ3n) is 4.66. The highest BCUT2D eigenvalue weighted by Gasteiger charge is 2.14. The van der Waals surface area contributed by atoms with E-state index >= 15 is 0 Å². The average molecular weight is 409 g/mol. The number of halogens is 1. The van der Waals surface area contributed by atoms with Crippen molar-refractivity contribution >= 4 is 22.6 Å². The van der Waals surface area contributed by atoms with Gasteiger partial charge in [-0.25, -0.2) is 14.8 Å². The Hall–Kier alpha value is -3.45. The van der Waals surface area contributed by atoms with Gasteiger partial charge in [-0.2, -0.15) is 0 Å². The lowest BCUT2D eigenvalue weighted by molar-refractivity contribution is 0.414. The minimum atomic E-state index is -0.453. The fraction of sp³-hybridized carbons (Fsp3) is 0.143. The van der Waals surface area contributed by atoms with Gasteiger partial charge >= 0.3 is 5.69 Å². The second-order valence-corrected chi connectivity index (χ2v) is 6.96. The number of fused-ring (bicyclic) bond motifs is 1. The van der Waals surface area contributed by atoms with Crippen molar-refractivity contribution in [3.63, 3.8) is 0 Å². The third-order valence-corrected chi connectivity index (χ3v) is 4.91. The first-order valence-corrected chi connectivity index (χ1v) is 9.21. The van der Waals surface area contributed by atoms with Gasteiger partial charge in [0.25, 0.3) is 5.56 Å². The lowest BCUT2D eigenvalue weighted by Gasteiger charge is -2.11. The number of methoxy groups -OCH3 is 1. The Kier molecular flexibility index (Phi) is 4.90. The van der Waals surface area contributed by atoms with Crippen LogP contribution in [0.4, 0.5) is 0 Å². The van der Waals surface area contributed by atoms with Gasteiger partial charge in [0.2, 0.25) is 0 Å². The van der Waals surface area contributed by atoms with Crippen molar-refractivity contribution in [3.05, 3.63) is 86.2 Å². The van der Waals surface area contributed by atoms with E-state index < -0.39 is 11.2 Å². The Morgan fingerprint density at radius 1 is 1.10 bits per heavy atom. The van der Waals surface area contributed by atoms with Crippen LogP contribution in [0.15, 0.2) is 64.3 Å². The van der Waals surface area contributed by atoms with Gasteiger partial charge in [-0.15, -0.1) is 0 Å². The van der Waals surface area contributed by atoms with Crippen molar-refractivity contribution in [2.75, 3.05) is 7.11 Å². The topological polar surface area (TPSA) is 79.0 Å². The fourth-order valence-corrected chi connectivity index (χ4v) is 3.24. The zero-order valence-electron chi connectivity index (χ0n) is 15.8. The van der Waals surface area contributed by atoms with E-state index in [0.717, 1.165) is 11.1 Å². The molecule has 0 bridgehead atoms. The lowest BCUT2D eigenvalue weighted by Crippen LogP contribution is -2.39. The molecule has 0 saturated heterocycles. The van der Waals surface area contributed by atoms with E-state index in [1.165, 1.54) is 15.3 Å². The average Bonchev–Trinajstić information content (AvgIpc) is 2.75. The number of benzene rings is 2. The minimum absolute atomic E-state index is 0.123. The number of nitrogens with zero attached hydrogens (tertiary/aromatic N) is 4. The van der Waals surface area contributed by atoms with Crippen LogP contribution < -0.4 is 16.0 Å². The summed E-state index contributed by atoms with van der Waals surface area (Å²) >= 11 is 5.93. The monoisotopic (exact) mass is 408 g/mol. The number of aryl methyl sites for hydroxylation is 1. The van der Waals surface area contributed by atoms with Crippen molar-refractivity contribution < 1.29 is 4.74 Å². The van der Waals surface area contributed by atoms with Crippen LogP contribution in [0.2, 0.25) is 5.02 Å². The van der Waals surface area contributed by atoms with Gasteiger partial charge < -0.3 is 4.74 Å². The molecule has 0 amide bonds. The van der Waals surface area contributed by atoms with Crippen molar-refractivity contribution in [1.29, 1.82) is 0 Å². The van der Waals surface area contributed by atoms with Crippen LogP contribution in [0, 0.1) is 0 Å². The van der Waals surface area contributed by atoms with Crippen molar-refractivity contribution in [2.45, 2.75) is 6.54 Å². The maximum Gasteiger partial charge on any atom is 0.332 e. The summed E-state index contributed by atoms with van der Waals surface area (Å²) in [6, 6.07) is 14.3. The van der Waals surface area contributed by atoms with E-state index in [1.807, 2.05) is 12.1 Å². The van der Waals surface area contributed by atoms with E-state index in [-0.39, 0.29) is 17.6 Å². The normalized spacial score (nSPS) is 11.0. The molecule has 7 nitrogen and oxygen atoms in total. The quantitative estimate of drug-likeness (QED) is 0.518. The Bertz CT molecular complexity index is 1330. The van der Waals surface area contributed by atoms with Crippen LogP contribution in [0.3, 0.4) is 0 Å². The molecule has 4 aromatic rings. The molecule has 0 unspecified atom stereocenters. The molecule has 2 heterocycles. The van der Waals surface area contributed by atoms with Gasteiger partial charge in [0.15, 0.2) is 11.5 Å². The second kappa shape index (κ2) is 7.52. The molecular weight excluding hydrogens is 392 g/mol. The van der Waals surface area contributed by atoms with Gasteiger partial charge in [0.1, 0.15) is 11.1 Å². The summed E-state index contributed by atoms with van der Waals surface area (Å²) in [6.45, 7) is 0.123. The SMILES string of the molecule is COc1cccc(Cn2c(=O)c3cnc(-c4ccc(Cl)cc4)nc3n(C)c2=O)c1. The molecule has 0 N–H and O–H groups in total. The molecule has 0 atom stereocenters. The van der Waals surface area contributed by atoms with Crippen LogP contribution in [-0.2, 0) is 13.6 Å². The summed E-state index contributed by atoms with van der Waals surface area (Å²) in [7, 11) is 3.15. The number of ether oxygens (including phenoxy) is 1. The molecular formula is C21H17ClN4O3. The fourth-order valence-electron chi connectivity index (χ4n) is 3.11. The van der Waals surface area contributed by atoms with Gasteiger partial charge in [-0.1, -0.05) is 23.7 Å². The molecule has 0 saturated carbocycles. The molecule has 29 heavy (non-hydrogen) atoms. The highest BCUT2D eigenvalue weighted by atomic mass is 35.5. The van der Waals surface area contributed by atoms with Crippen molar-refractivity contribution in [3.8, 4) is 17.1 Å². The van der Waals surface area contributed by atoms with E-state index in [9.17, 15) is 9.59 Å². The summed E-state index contributed by atoms with van der Waals surface area (Å²) in [5, 5.41) is 0.870. The van der Waals surface area contributed by atoms with Crippen LogP contribution in [-0.4, -0.2) is 26.2 Å². The second-order valence-electron chi connectivity index (χ2n) is 6.52. The third kappa shape index (κ3) is 3.52. The first kappa shape index (κ1) is 18.9. The largest absolute Gasteiger partial charge is 0.497 e. The Labute approximate surface area is 170 Å². The molecule has 2 aromatic carbocycles. The molecule has 0 fully saturated rings. The van der Waals surface area contributed by atoms with E-state index in [2.05, 4.69) is 9.97 Å². The Morgan fingerprint density at radius 2 is 1.86 bits per heavy atom. The number of hydrogen-bond donors (Lipinski definition) is 0. The number of hydrogen-bond acceptors (Lipinski definition) is 5. The summed E-state index contributed by atoms with van der Waals surface area (Å²) in [4.78, 5) is 34.6. The Balaban J connectivity index is 1.84. The van der Waals surface area contributed by atoms with E-state index in [1.54, 1.807) is 50.6 Å². The van der Waals surface area contributed by atoms with Crippen molar-refractivity contribution in [1.82, 2.24) is 19.1 Å². The summed E-state index contributed by atoms with van der Waals surface area (Å²) in [5.74, 6) is 1.07. The number of aromatic nitrogens is 4. The first-order valence-electron chi connectivity index (χ1n) is 8.83. The molecule has 0 aliphatic rings. The van der Waals surface area contributed by atoms with Crippen LogP contribution in [0.1, 0.15) is 5.56 Å². The number of rotatable bonds is 4. The van der Waals surface area contributed by atoms with E-state index in [4.69, 9.17) is 16.3 Å². The molecule has 2 aromatic heterocycles. The highest BCUT2D eigenvalue weighted by molar-refractivity contribution is 6.30. The van der Waals surface area contributed by atoms with Gasteiger partial charge in [-0.3, -0.25) is 13.9 Å². The predicted octanol–water partition coefficient (Wildman–Crippen LogP) is 2.87. The molecule has 0 radical (unpaired) electrons. The summed E-state index contributed by atoms with van der Waals surface area (Å²) in [6.07, 6.45) is 1.45. The molecule has 4 rings (SSSR count). The van der Waals surface area contributed by atoms with Gasteiger partial charge in [0, 0.05) is 23.8 Å². The van der Waals surface area contributed by atoms with E-state index in [0.29, 0.717) is 16.6 Å². The van der Waals surface area contributed by atoms with Crippen LogP contribution in [0.5, 0.6) is 5.75 Å². The van der Waals surface area contributed by atoms with Crippen LogP contribution >= 0.6 is 11.6 Å². The molecule has 146 valence electrons. The van der Waals surface area contributed by atoms with Crippen LogP contribution in [0.25, 0.3) is 22.4 Å². The molecule has 0 aliphatic carbocycles. The molecule has 0 aliphatic heterocycles. The zero-order chi connectivity index (χ0) is 20.5. The first-order chi connectivity index (χ1) is 14.0. The lowest BCUT2D eigenvalue weighted by atomic mass is 10.2. The maximum atomic E-state index is 13.0. The van der Waals surface area contributed by atoms with Crippen molar-refractivity contribution in [2.24, 2.45) is 7.05 Å². The minimum Gasteiger partial charge on any atom is -0.497 e. The van der Waals surface area contributed by atoms with Gasteiger partial charge in [-0.05, 0) is 42.0 Å². The molecule has 8 heteroatoms. The highest BCUT2D eigenvalue weighted by Crippen LogP contribution is 2.19. The summed E-state index contributed by atoms with van der Waals surface area (Å²) < 4.78 is 7.74. The summed E-state index contributed by atoms with van der Waals surface area (Å²) in [5.41, 5.74) is 0.910. The maximum absolute atomic E-state index is 13.0. The molecule has 0 spiro atoms. The zero-order valence-corrected chi connectivity index (χ0v) is 16.6. The standard InChI is InChI=1S/C21H17ClN4O3/c1-25-19-17(11-23-18(24-19)14-6-8-15(22)9-7-14)20(27)26(21(25)28)12-13-4-3-5-16(10-13)29-2/h3-11H,12H2,1-2H3. The Morgan fingerprint density at radius 3 is 2.59 bits per heavy atom. The van der Waals surface area contributed by atoms with Gasteiger partial charge in [0.05, 0.1) is 13.7 Å².